The molecule has 1 heteroatoms. The molecule has 0 aliphatic heterocycles. The first kappa shape index (κ1) is 5.97. The lowest BCUT2D eigenvalue weighted by Crippen LogP contribution is -2.09. The molecule has 0 aromatic heterocycles. The quantitative estimate of drug-likeness (QED) is 0.389. The number of carbonyl (C=O) groups excluding carboxylic acids is 1. The van der Waals surface area contributed by atoms with Gasteiger partial charge in [-0.05, 0) is 37.0 Å². The molecular weight excluding hydrogens is 124 g/mol. The molecule has 2 fully saturated rings. The van der Waals surface area contributed by atoms with Crippen LogP contribution in [0.25, 0.3) is 0 Å². The van der Waals surface area contributed by atoms with Crippen LogP contribution in [-0.2, 0) is 4.79 Å². The molecule has 0 radical (unpaired) electrons. The Morgan fingerprint density at radius 1 is 1.30 bits per heavy atom. The van der Waals surface area contributed by atoms with Gasteiger partial charge in [0.15, 0.2) is 0 Å². The van der Waals surface area contributed by atoms with Gasteiger partial charge in [0.1, 0.15) is 0 Å². The van der Waals surface area contributed by atoms with E-state index in [1.54, 1.807) is 0 Å². The maximum Gasteiger partial charge on any atom is 0.208 e. The highest BCUT2D eigenvalue weighted by atomic mass is 16.1. The zero-order valence-corrected chi connectivity index (χ0v) is 5.84. The Kier molecular flexibility index (Phi) is 1.11. The number of ketones is 1. The molecule has 1 nitrogen and oxygen atoms in total. The lowest BCUT2D eigenvalue weighted by Gasteiger charge is -2.03. The summed E-state index contributed by atoms with van der Waals surface area (Å²) < 4.78 is 0. The molecule has 0 aromatic rings. The summed E-state index contributed by atoms with van der Waals surface area (Å²) in [5.41, 5.74) is 0. The summed E-state index contributed by atoms with van der Waals surface area (Å²) in [7, 11) is 0. The average molecular weight is 134 g/mol. The summed E-state index contributed by atoms with van der Waals surface area (Å²) in [5.74, 6) is 4.20. The highest BCUT2D eigenvalue weighted by molar-refractivity contribution is 5.97. The van der Waals surface area contributed by atoms with E-state index in [0.717, 1.165) is 24.7 Å². The summed E-state index contributed by atoms with van der Waals surface area (Å²) in [6.45, 7) is 0. The third kappa shape index (κ3) is 0.759. The zero-order chi connectivity index (χ0) is 7.14. The van der Waals surface area contributed by atoms with Crippen LogP contribution in [-0.4, -0.2) is 5.78 Å². The van der Waals surface area contributed by atoms with E-state index in [0.29, 0.717) is 0 Å². The Bertz CT molecular complexity index is 201. The molecule has 10 heavy (non-hydrogen) atoms. The second-order valence-electron chi connectivity index (χ2n) is 3.43. The van der Waals surface area contributed by atoms with Gasteiger partial charge >= 0.3 is 0 Å². The predicted molar refractivity (Wildman–Crippen MR) is 38.2 cm³/mol. The maximum absolute atomic E-state index is 10.9. The van der Waals surface area contributed by atoms with Gasteiger partial charge in [-0.1, -0.05) is 0 Å². The molecule has 2 aliphatic rings. The second-order valence-corrected chi connectivity index (χ2v) is 3.43. The van der Waals surface area contributed by atoms with Gasteiger partial charge in [0.25, 0.3) is 0 Å². The van der Waals surface area contributed by atoms with Crippen molar-refractivity contribution < 1.29 is 4.79 Å². The van der Waals surface area contributed by atoms with E-state index < -0.39 is 0 Å². The van der Waals surface area contributed by atoms with Crippen molar-refractivity contribution in [1.29, 1.82) is 0 Å². The normalized spacial score (nSPS) is 42.1. The molecule has 0 aromatic carbocycles. The van der Waals surface area contributed by atoms with Gasteiger partial charge in [0.05, 0.1) is 0 Å². The van der Waals surface area contributed by atoms with E-state index in [1.165, 1.54) is 6.42 Å². The van der Waals surface area contributed by atoms with Crippen molar-refractivity contribution in [1.82, 2.24) is 0 Å². The van der Waals surface area contributed by atoms with Gasteiger partial charge < -0.3 is 0 Å². The SMILES string of the molecule is C#CC(=O)C1CC2CC2C1. The molecular formula is C9H10O. The van der Waals surface area contributed by atoms with Crippen molar-refractivity contribution in [2.75, 3.05) is 0 Å². The minimum Gasteiger partial charge on any atom is -0.285 e. The van der Waals surface area contributed by atoms with Gasteiger partial charge in [0, 0.05) is 5.92 Å². The number of rotatable bonds is 1. The van der Waals surface area contributed by atoms with Crippen LogP contribution in [0.2, 0.25) is 0 Å². The van der Waals surface area contributed by atoms with Gasteiger partial charge in [-0.25, -0.2) is 0 Å². The standard InChI is InChI=1S/C9H10O/c1-2-9(10)8-4-6-3-7(6)5-8/h1,6-8H,3-5H2. The molecule has 0 saturated heterocycles. The van der Waals surface area contributed by atoms with Gasteiger partial charge in [-0.3, -0.25) is 4.79 Å². The van der Waals surface area contributed by atoms with Crippen LogP contribution in [0, 0.1) is 30.1 Å². The van der Waals surface area contributed by atoms with Crippen LogP contribution in [0.1, 0.15) is 19.3 Å². The fourth-order valence-corrected chi connectivity index (χ4v) is 2.05. The number of fused-ring (bicyclic) bond motifs is 1. The fraction of sp³-hybridized carbons (Fsp3) is 0.667. The Morgan fingerprint density at radius 3 is 2.40 bits per heavy atom. The van der Waals surface area contributed by atoms with E-state index in [9.17, 15) is 4.79 Å². The van der Waals surface area contributed by atoms with Gasteiger partial charge in [0.2, 0.25) is 5.78 Å². The Morgan fingerprint density at radius 2 is 1.90 bits per heavy atom. The fourth-order valence-electron chi connectivity index (χ4n) is 2.05. The van der Waals surface area contributed by atoms with Crippen molar-refractivity contribution in [3.63, 3.8) is 0 Å². The molecule has 2 aliphatic carbocycles. The third-order valence-corrected chi connectivity index (χ3v) is 2.76. The third-order valence-electron chi connectivity index (χ3n) is 2.76. The van der Waals surface area contributed by atoms with E-state index in [2.05, 4.69) is 5.92 Å². The average Bonchev–Trinajstić information content (AvgIpc) is 2.57. The van der Waals surface area contributed by atoms with Crippen LogP contribution in [0.5, 0.6) is 0 Å². The van der Waals surface area contributed by atoms with Crippen molar-refractivity contribution >= 4 is 5.78 Å². The lowest BCUT2D eigenvalue weighted by atomic mass is 9.99. The second kappa shape index (κ2) is 1.85. The predicted octanol–water partition coefficient (Wildman–Crippen LogP) is 1.23. The van der Waals surface area contributed by atoms with E-state index in [4.69, 9.17) is 6.42 Å². The van der Waals surface area contributed by atoms with Crippen LogP contribution < -0.4 is 0 Å². The molecule has 2 saturated carbocycles. The number of hydrogen-bond acceptors (Lipinski definition) is 1. The van der Waals surface area contributed by atoms with Gasteiger partial charge in [-0.2, -0.15) is 0 Å². The molecule has 0 amide bonds. The number of hydrogen-bond donors (Lipinski definition) is 0. The summed E-state index contributed by atoms with van der Waals surface area (Å²) in [6.07, 6.45) is 8.52. The van der Waals surface area contributed by atoms with Crippen molar-refractivity contribution in [3.8, 4) is 12.3 Å². The van der Waals surface area contributed by atoms with Crippen molar-refractivity contribution in [2.24, 2.45) is 17.8 Å². The Hall–Kier alpha value is -0.770. The molecule has 0 bridgehead atoms. The molecule has 52 valence electrons. The summed E-state index contributed by atoms with van der Waals surface area (Å²) in [5, 5.41) is 0. The molecule has 2 unspecified atom stereocenters. The summed E-state index contributed by atoms with van der Waals surface area (Å²) in [6, 6.07) is 0. The van der Waals surface area contributed by atoms with E-state index in [1.807, 2.05) is 0 Å². The van der Waals surface area contributed by atoms with Crippen LogP contribution in [0.15, 0.2) is 0 Å². The van der Waals surface area contributed by atoms with Crippen LogP contribution >= 0.6 is 0 Å². The smallest absolute Gasteiger partial charge is 0.208 e. The molecule has 0 N–H and O–H groups in total. The minimum atomic E-state index is 0.0344. The first-order chi connectivity index (χ1) is 4.81. The van der Waals surface area contributed by atoms with Crippen LogP contribution in [0.3, 0.4) is 0 Å². The largest absolute Gasteiger partial charge is 0.285 e. The molecule has 2 atom stereocenters. The van der Waals surface area contributed by atoms with E-state index >= 15 is 0 Å². The number of terminal acetylenes is 1. The number of Topliss-reactive ketones (excluding diaryl/α,β-unsaturated/α-hetero) is 1. The van der Waals surface area contributed by atoms with E-state index in [-0.39, 0.29) is 11.7 Å². The minimum absolute atomic E-state index is 0.0344. The molecule has 0 spiro atoms. The first-order valence-corrected chi connectivity index (χ1v) is 3.81. The van der Waals surface area contributed by atoms with Crippen molar-refractivity contribution in [3.05, 3.63) is 0 Å². The Labute approximate surface area is 60.8 Å². The maximum atomic E-state index is 10.9. The number of carbonyl (C=O) groups is 1. The van der Waals surface area contributed by atoms with Crippen molar-refractivity contribution in [2.45, 2.75) is 19.3 Å². The first-order valence-electron chi connectivity index (χ1n) is 3.81. The molecule has 0 heterocycles. The molecule has 2 rings (SSSR count). The van der Waals surface area contributed by atoms with Gasteiger partial charge in [-0.15, -0.1) is 6.42 Å². The Balaban J connectivity index is 1.98. The highest BCUT2D eigenvalue weighted by Crippen LogP contribution is 2.54. The topological polar surface area (TPSA) is 17.1 Å². The zero-order valence-electron chi connectivity index (χ0n) is 5.84. The monoisotopic (exact) mass is 134 g/mol. The van der Waals surface area contributed by atoms with Crippen LogP contribution in [0.4, 0.5) is 0 Å². The summed E-state index contributed by atoms with van der Waals surface area (Å²) >= 11 is 0. The summed E-state index contributed by atoms with van der Waals surface area (Å²) in [4.78, 5) is 10.9. The highest BCUT2D eigenvalue weighted by Gasteiger charge is 2.47. The lowest BCUT2D eigenvalue weighted by molar-refractivity contribution is -0.117.